The summed E-state index contributed by atoms with van der Waals surface area (Å²) >= 11 is 1.40. The second-order valence-corrected chi connectivity index (χ2v) is 4.66. The number of ether oxygens (including phenoxy) is 1. The highest BCUT2D eigenvalue weighted by molar-refractivity contribution is 7.08. The van der Waals surface area contributed by atoms with Crippen molar-refractivity contribution < 1.29 is 14.6 Å². The molecule has 0 atom stereocenters. The summed E-state index contributed by atoms with van der Waals surface area (Å²) in [6, 6.07) is 5.74. The highest BCUT2D eigenvalue weighted by atomic mass is 32.1. The Morgan fingerprint density at radius 1 is 1.39 bits per heavy atom. The zero-order chi connectivity index (χ0) is 13.1. The van der Waals surface area contributed by atoms with Crippen molar-refractivity contribution in [2.75, 3.05) is 6.61 Å². The molecule has 0 saturated carbocycles. The average Bonchev–Trinajstić information content (AvgIpc) is 2.81. The second kappa shape index (κ2) is 5.23. The smallest absolute Gasteiger partial charge is 0.337 e. The molecule has 0 unspecified atom stereocenters. The van der Waals surface area contributed by atoms with Gasteiger partial charge in [-0.15, -0.1) is 0 Å². The largest absolute Gasteiger partial charge is 0.494 e. The van der Waals surface area contributed by atoms with Crippen LogP contribution in [-0.2, 0) is 0 Å². The Labute approximate surface area is 110 Å². The summed E-state index contributed by atoms with van der Waals surface area (Å²) in [4.78, 5) is 11.1. The molecule has 0 spiro atoms. The van der Waals surface area contributed by atoms with Crippen molar-refractivity contribution in [3.8, 4) is 16.9 Å². The molecule has 4 heteroatoms. The summed E-state index contributed by atoms with van der Waals surface area (Å²) in [6.07, 6.45) is 0. The third-order valence-corrected chi connectivity index (χ3v) is 3.42. The summed E-state index contributed by atoms with van der Waals surface area (Å²) < 4.78 is 5.47. The van der Waals surface area contributed by atoms with Crippen molar-refractivity contribution >= 4 is 17.3 Å². The minimum absolute atomic E-state index is 0.351. The molecular formula is C14H14O3S. The zero-order valence-corrected chi connectivity index (χ0v) is 11.1. The maximum atomic E-state index is 11.1. The topological polar surface area (TPSA) is 46.5 Å². The van der Waals surface area contributed by atoms with Crippen LogP contribution in [0.25, 0.3) is 11.1 Å². The molecule has 0 fully saturated rings. The SMILES string of the molecule is CCOc1ccc(-c2cscc2C(=O)O)cc1C. The molecule has 1 aromatic carbocycles. The lowest BCUT2D eigenvalue weighted by Crippen LogP contribution is -1.97. The van der Waals surface area contributed by atoms with Gasteiger partial charge in [0.2, 0.25) is 0 Å². The first-order chi connectivity index (χ1) is 8.63. The van der Waals surface area contributed by atoms with Crippen molar-refractivity contribution in [2.45, 2.75) is 13.8 Å². The van der Waals surface area contributed by atoms with Gasteiger partial charge < -0.3 is 9.84 Å². The number of hydrogen-bond donors (Lipinski definition) is 1. The number of hydrogen-bond acceptors (Lipinski definition) is 3. The van der Waals surface area contributed by atoms with E-state index < -0.39 is 5.97 Å². The van der Waals surface area contributed by atoms with Gasteiger partial charge in [0.25, 0.3) is 0 Å². The van der Waals surface area contributed by atoms with Gasteiger partial charge in [-0.2, -0.15) is 11.3 Å². The van der Waals surface area contributed by atoms with E-state index in [2.05, 4.69) is 0 Å². The van der Waals surface area contributed by atoms with Gasteiger partial charge >= 0.3 is 5.97 Å². The van der Waals surface area contributed by atoms with Gasteiger partial charge in [-0.3, -0.25) is 0 Å². The van der Waals surface area contributed by atoms with Gasteiger partial charge in [0.15, 0.2) is 0 Å². The normalized spacial score (nSPS) is 10.3. The van der Waals surface area contributed by atoms with Crippen LogP contribution in [0.1, 0.15) is 22.8 Å². The van der Waals surface area contributed by atoms with Crippen molar-refractivity contribution in [3.05, 3.63) is 40.1 Å². The molecule has 1 N–H and O–H groups in total. The molecule has 1 heterocycles. The van der Waals surface area contributed by atoms with Crippen LogP contribution in [-0.4, -0.2) is 17.7 Å². The molecule has 0 saturated heterocycles. The standard InChI is InChI=1S/C14H14O3S/c1-3-17-13-5-4-10(6-9(13)2)11-7-18-8-12(11)14(15)16/h4-8H,3H2,1-2H3,(H,15,16). The zero-order valence-electron chi connectivity index (χ0n) is 10.3. The van der Waals surface area contributed by atoms with E-state index in [9.17, 15) is 4.79 Å². The van der Waals surface area contributed by atoms with E-state index in [1.165, 1.54) is 11.3 Å². The molecule has 0 aliphatic heterocycles. The number of rotatable bonds is 4. The minimum Gasteiger partial charge on any atom is -0.494 e. The average molecular weight is 262 g/mol. The second-order valence-electron chi connectivity index (χ2n) is 3.92. The highest BCUT2D eigenvalue weighted by Crippen LogP contribution is 2.31. The van der Waals surface area contributed by atoms with E-state index in [1.807, 2.05) is 37.4 Å². The van der Waals surface area contributed by atoms with E-state index in [0.29, 0.717) is 12.2 Å². The number of aryl methyl sites for hydroxylation is 1. The van der Waals surface area contributed by atoms with Crippen LogP contribution in [0, 0.1) is 6.92 Å². The Balaban J connectivity index is 2.42. The Kier molecular flexibility index (Phi) is 3.67. The first-order valence-electron chi connectivity index (χ1n) is 5.66. The summed E-state index contributed by atoms with van der Waals surface area (Å²) in [7, 11) is 0. The molecule has 0 aliphatic rings. The van der Waals surface area contributed by atoms with E-state index in [-0.39, 0.29) is 0 Å². The van der Waals surface area contributed by atoms with Crippen LogP contribution >= 0.6 is 11.3 Å². The molecule has 0 amide bonds. The Hall–Kier alpha value is -1.81. The molecule has 0 bridgehead atoms. The van der Waals surface area contributed by atoms with Crippen LogP contribution in [0.4, 0.5) is 0 Å². The number of carbonyl (C=O) groups is 1. The summed E-state index contributed by atoms with van der Waals surface area (Å²) in [6.45, 7) is 4.52. The monoisotopic (exact) mass is 262 g/mol. The van der Waals surface area contributed by atoms with Crippen LogP contribution in [0.15, 0.2) is 29.0 Å². The Morgan fingerprint density at radius 2 is 2.17 bits per heavy atom. The first kappa shape index (κ1) is 12.6. The molecule has 94 valence electrons. The van der Waals surface area contributed by atoms with Crippen LogP contribution in [0.2, 0.25) is 0 Å². The van der Waals surface area contributed by atoms with Crippen molar-refractivity contribution in [2.24, 2.45) is 0 Å². The maximum Gasteiger partial charge on any atom is 0.337 e. The predicted molar refractivity (Wildman–Crippen MR) is 72.6 cm³/mol. The molecule has 2 rings (SSSR count). The number of thiophene rings is 1. The lowest BCUT2D eigenvalue weighted by atomic mass is 10.0. The van der Waals surface area contributed by atoms with Crippen molar-refractivity contribution in [1.82, 2.24) is 0 Å². The predicted octanol–water partition coefficient (Wildman–Crippen LogP) is 3.82. The van der Waals surface area contributed by atoms with Crippen LogP contribution in [0.3, 0.4) is 0 Å². The van der Waals surface area contributed by atoms with Crippen LogP contribution < -0.4 is 4.74 Å². The number of carboxylic acid groups (broad SMARTS) is 1. The van der Waals surface area contributed by atoms with Gasteiger partial charge in [-0.25, -0.2) is 4.79 Å². The fourth-order valence-electron chi connectivity index (χ4n) is 1.82. The number of aromatic carboxylic acids is 1. The summed E-state index contributed by atoms with van der Waals surface area (Å²) in [5.74, 6) is -0.0499. The third-order valence-electron chi connectivity index (χ3n) is 2.68. The van der Waals surface area contributed by atoms with Gasteiger partial charge in [-0.05, 0) is 42.5 Å². The van der Waals surface area contributed by atoms with E-state index in [4.69, 9.17) is 9.84 Å². The minimum atomic E-state index is -0.891. The van der Waals surface area contributed by atoms with Crippen molar-refractivity contribution in [3.63, 3.8) is 0 Å². The summed E-state index contributed by atoms with van der Waals surface area (Å²) in [5, 5.41) is 12.6. The van der Waals surface area contributed by atoms with E-state index in [1.54, 1.807) is 5.38 Å². The number of carboxylic acids is 1. The Morgan fingerprint density at radius 3 is 2.78 bits per heavy atom. The first-order valence-corrected chi connectivity index (χ1v) is 6.61. The molecular weight excluding hydrogens is 248 g/mol. The molecule has 3 nitrogen and oxygen atoms in total. The molecule has 18 heavy (non-hydrogen) atoms. The molecule has 1 aromatic heterocycles. The quantitative estimate of drug-likeness (QED) is 0.911. The summed E-state index contributed by atoms with van der Waals surface area (Å²) in [5.41, 5.74) is 3.04. The third kappa shape index (κ3) is 2.38. The van der Waals surface area contributed by atoms with Crippen LogP contribution in [0.5, 0.6) is 5.75 Å². The lowest BCUT2D eigenvalue weighted by molar-refractivity contribution is 0.0698. The molecule has 2 aromatic rings. The molecule has 0 aliphatic carbocycles. The van der Waals surface area contributed by atoms with Crippen molar-refractivity contribution in [1.29, 1.82) is 0 Å². The van der Waals surface area contributed by atoms with E-state index >= 15 is 0 Å². The maximum absolute atomic E-state index is 11.1. The fraction of sp³-hybridized carbons (Fsp3) is 0.214. The fourth-order valence-corrected chi connectivity index (χ4v) is 2.65. The number of benzene rings is 1. The van der Waals surface area contributed by atoms with Gasteiger partial charge in [-0.1, -0.05) is 6.07 Å². The molecule has 0 radical (unpaired) electrons. The van der Waals surface area contributed by atoms with Gasteiger partial charge in [0.05, 0.1) is 12.2 Å². The Bertz CT molecular complexity index is 572. The lowest BCUT2D eigenvalue weighted by Gasteiger charge is -2.09. The van der Waals surface area contributed by atoms with E-state index in [0.717, 1.165) is 22.4 Å². The van der Waals surface area contributed by atoms with Gasteiger partial charge in [0, 0.05) is 10.9 Å². The highest BCUT2D eigenvalue weighted by Gasteiger charge is 2.13. The van der Waals surface area contributed by atoms with Gasteiger partial charge in [0.1, 0.15) is 5.75 Å².